The second-order valence-corrected chi connectivity index (χ2v) is 6.15. The van der Waals surface area contributed by atoms with E-state index in [2.05, 4.69) is 15.7 Å². The highest BCUT2D eigenvalue weighted by Gasteiger charge is 2.29. The third-order valence-corrected chi connectivity index (χ3v) is 3.85. The van der Waals surface area contributed by atoms with E-state index in [0.717, 1.165) is 18.4 Å². The number of aromatic nitrogens is 2. The fourth-order valence-electron chi connectivity index (χ4n) is 2.38. The van der Waals surface area contributed by atoms with E-state index < -0.39 is 0 Å². The lowest BCUT2D eigenvalue weighted by atomic mass is 10.2. The van der Waals surface area contributed by atoms with Crippen LogP contribution >= 0.6 is 0 Å². The monoisotopic (exact) mass is 327 g/mol. The summed E-state index contributed by atoms with van der Waals surface area (Å²) < 4.78 is 1.70. The summed E-state index contributed by atoms with van der Waals surface area (Å²) in [6.45, 7) is 0.470. The van der Waals surface area contributed by atoms with Crippen LogP contribution in [-0.4, -0.2) is 33.7 Å². The maximum atomic E-state index is 12.3. The summed E-state index contributed by atoms with van der Waals surface area (Å²) in [4.78, 5) is 25.7. The van der Waals surface area contributed by atoms with Gasteiger partial charge in [0.2, 0.25) is 5.91 Å². The Bertz CT molecular complexity index is 751. The first-order valence-corrected chi connectivity index (χ1v) is 7.92. The highest BCUT2D eigenvalue weighted by atomic mass is 16.2. The van der Waals surface area contributed by atoms with Crippen LogP contribution in [0.2, 0.25) is 0 Å². The molecule has 0 atom stereocenters. The zero-order valence-electron chi connectivity index (χ0n) is 13.8. The molecule has 1 fully saturated rings. The number of aryl methyl sites for hydroxylation is 1. The smallest absolute Gasteiger partial charge is 0.321 e. The van der Waals surface area contributed by atoms with E-state index in [-0.39, 0.29) is 17.9 Å². The van der Waals surface area contributed by atoms with E-state index >= 15 is 0 Å². The van der Waals surface area contributed by atoms with Crippen LogP contribution in [-0.2, 0) is 18.4 Å². The zero-order chi connectivity index (χ0) is 17.1. The van der Waals surface area contributed by atoms with Gasteiger partial charge in [-0.3, -0.25) is 9.48 Å². The van der Waals surface area contributed by atoms with Gasteiger partial charge in [0.15, 0.2) is 0 Å². The SMILES string of the molecule is CN(Cc1cnn(C)c1)C(=O)Nc1cccc(NC(=O)C2CC2)c1. The van der Waals surface area contributed by atoms with E-state index in [4.69, 9.17) is 0 Å². The Labute approximate surface area is 140 Å². The lowest BCUT2D eigenvalue weighted by Gasteiger charge is -2.17. The molecule has 1 aromatic heterocycles. The molecule has 0 unspecified atom stereocenters. The average molecular weight is 327 g/mol. The highest BCUT2D eigenvalue weighted by Crippen LogP contribution is 2.30. The van der Waals surface area contributed by atoms with Crippen molar-refractivity contribution in [2.24, 2.45) is 13.0 Å². The third kappa shape index (κ3) is 4.13. The first-order chi connectivity index (χ1) is 11.5. The van der Waals surface area contributed by atoms with E-state index in [1.54, 1.807) is 41.0 Å². The van der Waals surface area contributed by atoms with Crippen molar-refractivity contribution in [1.82, 2.24) is 14.7 Å². The number of amides is 3. The molecular weight excluding hydrogens is 306 g/mol. The van der Waals surface area contributed by atoms with Gasteiger partial charge in [-0.2, -0.15) is 5.10 Å². The van der Waals surface area contributed by atoms with Crippen molar-refractivity contribution in [3.05, 3.63) is 42.2 Å². The van der Waals surface area contributed by atoms with Crippen molar-refractivity contribution < 1.29 is 9.59 Å². The van der Waals surface area contributed by atoms with Gasteiger partial charge in [-0.25, -0.2) is 4.79 Å². The second kappa shape index (κ2) is 6.74. The van der Waals surface area contributed by atoms with Crippen molar-refractivity contribution in [2.45, 2.75) is 19.4 Å². The van der Waals surface area contributed by atoms with Gasteiger partial charge in [0.05, 0.1) is 12.7 Å². The van der Waals surface area contributed by atoms with Gasteiger partial charge >= 0.3 is 6.03 Å². The number of nitrogens with zero attached hydrogens (tertiary/aromatic N) is 3. The van der Waals surface area contributed by atoms with Gasteiger partial charge < -0.3 is 15.5 Å². The largest absolute Gasteiger partial charge is 0.326 e. The van der Waals surface area contributed by atoms with Crippen LogP contribution in [0.4, 0.5) is 16.2 Å². The van der Waals surface area contributed by atoms with Crippen LogP contribution in [0.5, 0.6) is 0 Å². The molecule has 24 heavy (non-hydrogen) atoms. The first kappa shape index (κ1) is 16.0. The maximum Gasteiger partial charge on any atom is 0.321 e. The molecule has 3 amide bonds. The Morgan fingerprint density at radius 2 is 2.00 bits per heavy atom. The molecule has 2 N–H and O–H groups in total. The van der Waals surface area contributed by atoms with Crippen molar-refractivity contribution in [3.8, 4) is 0 Å². The molecule has 0 bridgehead atoms. The van der Waals surface area contributed by atoms with Gasteiger partial charge in [-0.05, 0) is 31.0 Å². The molecule has 7 nitrogen and oxygen atoms in total. The minimum Gasteiger partial charge on any atom is -0.326 e. The minimum absolute atomic E-state index is 0.0483. The number of nitrogens with one attached hydrogen (secondary N) is 2. The summed E-state index contributed by atoms with van der Waals surface area (Å²) in [5.74, 6) is 0.195. The lowest BCUT2D eigenvalue weighted by molar-refractivity contribution is -0.117. The number of carbonyl (C=O) groups excluding carboxylic acids is 2. The fraction of sp³-hybridized carbons (Fsp3) is 0.353. The number of rotatable bonds is 5. The summed E-state index contributed by atoms with van der Waals surface area (Å²) in [6.07, 6.45) is 5.53. The predicted molar refractivity (Wildman–Crippen MR) is 91.5 cm³/mol. The highest BCUT2D eigenvalue weighted by molar-refractivity contribution is 5.95. The summed E-state index contributed by atoms with van der Waals surface area (Å²) >= 11 is 0. The quantitative estimate of drug-likeness (QED) is 0.885. The Hall–Kier alpha value is -2.83. The average Bonchev–Trinajstić information content (AvgIpc) is 3.31. The molecule has 1 heterocycles. The summed E-state index contributed by atoms with van der Waals surface area (Å²) in [6, 6.07) is 6.96. The number of carbonyl (C=O) groups is 2. The number of hydrogen-bond acceptors (Lipinski definition) is 3. The Morgan fingerprint density at radius 1 is 1.29 bits per heavy atom. The molecule has 0 aliphatic heterocycles. The number of benzene rings is 1. The molecule has 126 valence electrons. The van der Waals surface area contributed by atoms with E-state index in [1.165, 1.54) is 0 Å². The molecule has 7 heteroatoms. The Morgan fingerprint density at radius 3 is 2.62 bits per heavy atom. The van der Waals surface area contributed by atoms with E-state index in [0.29, 0.717) is 17.9 Å². The second-order valence-electron chi connectivity index (χ2n) is 6.15. The number of anilines is 2. The van der Waals surface area contributed by atoms with E-state index in [9.17, 15) is 9.59 Å². The number of urea groups is 1. The summed E-state index contributed by atoms with van der Waals surface area (Å²) in [5.41, 5.74) is 2.30. The van der Waals surface area contributed by atoms with Crippen molar-refractivity contribution >= 4 is 23.3 Å². The van der Waals surface area contributed by atoms with Gasteiger partial charge in [-0.15, -0.1) is 0 Å². The Kier molecular flexibility index (Phi) is 4.50. The zero-order valence-corrected chi connectivity index (χ0v) is 13.8. The molecule has 1 aliphatic rings. The summed E-state index contributed by atoms with van der Waals surface area (Å²) in [5, 5.41) is 9.80. The van der Waals surface area contributed by atoms with Crippen LogP contribution in [0.25, 0.3) is 0 Å². The van der Waals surface area contributed by atoms with Crippen LogP contribution in [0, 0.1) is 5.92 Å². The van der Waals surface area contributed by atoms with Crippen LogP contribution < -0.4 is 10.6 Å². The third-order valence-electron chi connectivity index (χ3n) is 3.85. The molecule has 2 aromatic rings. The van der Waals surface area contributed by atoms with Crippen LogP contribution in [0.1, 0.15) is 18.4 Å². The van der Waals surface area contributed by atoms with Crippen LogP contribution in [0.3, 0.4) is 0 Å². The topological polar surface area (TPSA) is 79.3 Å². The lowest BCUT2D eigenvalue weighted by Crippen LogP contribution is -2.30. The van der Waals surface area contributed by atoms with Crippen LogP contribution in [0.15, 0.2) is 36.7 Å². The summed E-state index contributed by atoms with van der Waals surface area (Å²) in [7, 11) is 3.56. The fourth-order valence-corrected chi connectivity index (χ4v) is 2.38. The number of hydrogen-bond donors (Lipinski definition) is 2. The predicted octanol–water partition coefficient (Wildman–Crippen LogP) is 2.43. The van der Waals surface area contributed by atoms with Crippen molar-refractivity contribution in [1.29, 1.82) is 0 Å². The molecule has 1 saturated carbocycles. The van der Waals surface area contributed by atoms with Crippen molar-refractivity contribution in [2.75, 3.05) is 17.7 Å². The minimum atomic E-state index is -0.218. The van der Waals surface area contributed by atoms with Gasteiger partial charge in [-0.1, -0.05) is 6.07 Å². The molecule has 1 aliphatic carbocycles. The van der Waals surface area contributed by atoms with Crippen molar-refractivity contribution in [3.63, 3.8) is 0 Å². The molecule has 3 rings (SSSR count). The van der Waals surface area contributed by atoms with Gasteiger partial charge in [0.1, 0.15) is 0 Å². The van der Waals surface area contributed by atoms with E-state index in [1.807, 2.05) is 19.3 Å². The standard InChI is InChI=1S/C17H21N5O2/c1-21(10-12-9-18-22(2)11-12)17(24)20-15-5-3-4-14(8-15)19-16(23)13-6-7-13/h3-5,8-9,11,13H,6-7,10H2,1-2H3,(H,19,23)(H,20,24). The molecule has 1 aromatic carbocycles. The molecule has 0 saturated heterocycles. The maximum absolute atomic E-state index is 12.3. The molecule has 0 spiro atoms. The van der Waals surface area contributed by atoms with Gasteiger partial charge in [0, 0.05) is 43.1 Å². The molecular formula is C17H21N5O2. The molecule has 0 radical (unpaired) electrons. The first-order valence-electron chi connectivity index (χ1n) is 7.92. The normalized spacial score (nSPS) is 13.4. The van der Waals surface area contributed by atoms with Gasteiger partial charge in [0.25, 0.3) is 0 Å². The Balaban J connectivity index is 1.57.